The maximum absolute atomic E-state index is 11.1. The SMILES string of the molecule is C=C(C)C(=O)OCCC[SiH2]OCOC(OCC)OCC. The van der Waals surface area contributed by atoms with Gasteiger partial charge in [0.05, 0.1) is 6.61 Å². The molecule has 0 spiro atoms. The monoisotopic (exact) mass is 306 g/mol. The summed E-state index contributed by atoms with van der Waals surface area (Å²) < 4.78 is 26.1. The van der Waals surface area contributed by atoms with E-state index in [0.717, 1.165) is 12.5 Å². The molecule has 0 saturated heterocycles. The van der Waals surface area contributed by atoms with E-state index >= 15 is 0 Å². The van der Waals surface area contributed by atoms with Gasteiger partial charge in [-0.05, 0) is 33.2 Å². The lowest BCUT2D eigenvalue weighted by Gasteiger charge is -2.17. The van der Waals surface area contributed by atoms with Crippen LogP contribution in [0.1, 0.15) is 27.2 Å². The maximum atomic E-state index is 11.1. The van der Waals surface area contributed by atoms with Gasteiger partial charge in [-0.25, -0.2) is 4.79 Å². The molecule has 118 valence electrons. The van der Waals surface area contributed by atoms with E-state index in [0.29, 0.717) is 25.4 Å². The number of rotatable bonds is 13. The molecule has 6 nitrogen and oxygen atoms in total. The quantitative estimate of drug-likeness (QED) is 0.168. The zero-order valence-corrected chi connectivity index (χ0v) is 14.1. The lowest BCUT2D eigenvalue weighted by molar-refractivity contribution is -0.301. The second-order valence-corrected chi connectivity index (χ2v) is 5.54. The normalized spacial score (nSPS) is 11.4. The average molecular weight is 306 g/mol. The summed E-state index contributed by atoms with van der Waals surface area (Å²) in [4.78, 5) is 11.1. The standard InChI is InChI=1S/C13H26O6Si/c1-5-15-13(16-6-2)18-10-19-20-9-7-8-17-12(14)11(3)4/h13H,3,5-10,20H2,1-2,4H3. The Morgan fingerprint density at radius 1 is 1.20 bits per heavy atom. The minimum absolute atomic E-state index is 0.169. The van der Waals surface area contributed by atoms with Crippen molar-refractivity contribution in [2.75, 3.05) is 26.6 Å². The van der Waals surface area contributed by atoms with Crippen molar-refractivity contribution in [3.05, 3.63) is 12.2 Å². The Kier molecular flexibility index (Phi) is 12.8. The molecule has 0 bridgehead atoms. The van der Waals surface area contributed by atoms with Crippen LogP contribution in [0, 0.1) is 0 Å². The Morgan fingerprint density at radius 3 is 2.40 bits per heavy atom. The van der Waals surface area contributed by atoms with Crippen molar-refractivity contribution in [1.29, 1.82) is 0 Å². The van der Waals surface area contributed by atoms with Gasteiger partial charge >= 0.3 is 5.97 Å². The predicted octanol–water partition coefficient (Wildman–Crippen LogP) is 1.35. The molecule has 0 aromatic heterocycles. The Morgan fingerprint density at radius 2 is 1.85 bits per heavy atom. The molecule has 0 N–H and O–H groups in total. The molecular formula is C13H26O6Si. The first-order chi connectivity index (χ1) is 9.61. The highest BCUT2D eigenvalue weighted by atomic mass is 28.2. The molecule has 0 aromatic carbocycles. The van der Waals surface area contributed by atoms with E-state index in [9.17, 15) is 4.79 Å². The van der Waals surface area contributed by atoms with Gasteiger partial charge in [-0.3, -0.25) is 0 Å². The summed E-state index contributed by atoms with van der Waals surface area (Å²) >= 11 is 0. The second-order valence-electron chi connectivity index (χ2n) is 4.02. The van der Waals surface area contributed by atoms with Crippen molar-refractivity contribution < 1.29 is 28.2 Å². The van der Waals surface area contributed by atoms with Gasteiger partial charge in [0.15, 0.2) is 9.76 Å². The topological polar surface area (TPSA) is 63.2 Å². The number of esters is 1. The lowest BCUT2D eigenvalue weighted by Crippen LogP contribution is -2.23. The van der Waals surface area contributed by atoms with Crippen molar-refractivity contribution in [2.24, 2.45) is 0 Å². The van der Waals surface area contributed by atoms with Crippen molar-refractivity contribution in [2.45, 2.75) is 39.7 Å². The summed E-state index contributed by atoms with van der Waals surface area (Å²) in [7, 11) is -0.674. The van der Waals surface area contributed by atoms with Crippen LogP contribution in [0.3, 0.4) is 0 Å². The van der Waals surface area contributed by atoms with E-state index in [4.69, 9.17) is 23.4 Å². The highest BCUT2D eigenvalue weighted by Crippen LogP contribution is 1.99. The van der Waals surface area contributed by atoms with Gasteiger partial charge in [0.25, 0.3) is 6.48 Å². The van der Waals surface area contributed by atoms with Crippen molar-refractivity contribution in [3.8, 4) is 0 Å². The number of ether oxygens (including phenoxy) is 4. The summed E-state index contributed by atoms with van der Waals surface area (Å²) in [6.07, 6.45) is 0.797. The minimum Gasteiger partial charge on any atom is -0.462 e. The first-order valence-electron chi connectivity index (χ1n) is 6.87. The number of carbonyl (C=O) groups excluding carboxylic acids is 1. The van der Waals surface area contributed by atoms with E-state index in [-0.39, 0.29) is 12.8 Å². The van der Waals surface area contributed by atoms with Gasteiger partial charge in [-0.1, -0.05) is 6.58 Å². The van der Waals surface area contributed by atoms with Crippen molar-refractivity contribution >= 4 is 15.7 Å². The lowest BCUT2D eigenvalue weighted by atomic mass is 10.4. The molecule has 0 amide bonds. The highest BCUT2D eigenvalue weighted by molar-refractivity contribution is 6.26. The fraction of sp³-hybridized carbons (Fsp3) is 0.769. The van der Waals surface area contributed by atoms with E-state index in [1.807, 2.05) is 13.8 Å². The zero-order valence-electron chi connectivity index (χ0n) is 12.7. The summed E-state index contributed by atoms with van der Waals surface area (Å²) in [6, 6.07) is 0.917. The Bertz CT molecular complexity index is 266. The highest BCUT2D eigenvalue weighted by Gasteiger charge is 2.07. The minimum atomic E-state index is -0.674. The molecule has 0 aliphatic carbocycles. The summed E-state index contributed by atoms with van der Waals surface area (Å²) in [5, 5.41) is 0. The van der Waals surface area contributed by atoms with E-state index in [1.165, 1.54) is 0 Å². The molecule has 0 aromatic rings. The molecule has 0 radical (unpaired) electrons. The zero-order chi connectivity index (χ0) is 15.2. The molecule has 0 aliphatic rings. The van der Waals surface area contributed by atoms with Gasteiger partial charge in [-0.2, -0.15) is 0 Å². The first kappa shape index (κ1) is 19.3. The Labute approximate surface area is 123 Å². The molecular weight excluding hydrogens is 280 g/mol. The third-order valence-electron chi connectivity index (χ3n) is 2.16. The summed E-state index contributed by atoms with van der Waals surface area (Å²) in [5.74, 6) is -0.341. The first-order valence-corrected chi connectivity index (χ1v) is 8.44. The molecule has 7 heteroatoms. The maximum Gasteiger partial charge on any atom is 0.333 e. The van der Waals surface area contributed by atoms with Crippen molar-refractivity contribution in [1.82, 2.24) is 0 Å². The van der Waals surface area contributed by atoms with Crippen LogP contribution in [0.2, 0.25) is 6.04 Å². The summed E-state index contributed by atoms with van der Waals surface area (Å²) in [5.41, 5.74) is 0.421. The Balaban J connectivity index is 3.39. The van der Waals surface area contributed by atoms with Gasteiger partial charge < -0.3 is 23.4 Å². The fourth-order valence-electron chi connectivity index (χ4n) is 1.17. The van der Waals surface area contributed by atoms with Crippen LogP contribution in [0.4, 0.5) is 0 Å². The molecule has 20 heavy (non-hydrogen) atoms. The molecule has 0 heterocycles. The van der Waals surface area contributed by atoms with Gasteiger partial charge in [-0.15, -0.1) is 0 Å². The molecule has 0 atom stereocenters. The molecule has 0 aliphatic heterocycles. The van der Waals surface area contributed by atoms with Crippen LogP contribution < -0.4 is 0 Å². The Hall–Kier alpha value is -0.733. The summed E-state index contributed by atoms with van der Waals surface area (Å²) in [6.45, 7) is 9.85. The van der Waals surface area contributed by atoms with Crippen LogP contribution in [-0.2, 0) is 28.2 Å². The number of carbonyl (C=O) groups is 1. The molecule has 0 unspecified atom stereocenters. The second kappa shape index (κ2) is 13.3. The van der Waals surface area contributed by atoms with Gasteiger partial charge in [0, 0.05) is 18.8 Å². The number of hydrogen-bond acceptors (Lipinski definition) is 6. The third-order valence-corrected chi connectivity index (χ3v) is 3.40. The van der Waals surface area contributed by atoms with E-state index < -0.39 is 16.2 Å². The molecule has 0 fully saturated rings. The molecule has 0 rings (SSSR count). The third kappa shape index (κ3) is 11.1. The van der Waals surface area contributed by atoms with E-state index in [2.05, 4.69) is 6.58 Å². The van der Waals surface area contributed by atoms with Crippen LogP contribution in [0.25, 0.3) is 0 Å². The van der Waals surface area contributed by atoms with Crippen LogP contribution >= 0.6 is 0 Å². The van der Waals surface area contributed by atoms with Gasteiger partial charge in [0.2, 0.25) is 0 Å². The van der Waals surface area contributed by atoms with Crippen molar-refractivity contribution in [3.63, 3.8) is 0 Å². The van der Waals surface area contributed by atoms with Crippen LogP contribution in [0.15, 0.2) is 12.2 Å². The van der Waals surface area contributed by atoms with E-state index in [1.54, 1.807) is 6.92 Å². The van der Waals surface area contributed by atoms with Crippen LogP contribution in [-0.4, -0.2) is 48.8 Å². The largest absolute Gasteiger partial charge is 0.462 e. The number of hydrogen-bond donors (Lipinski definition) is 0. The van der Waals surface area contributed by atoms with Gasteiger partial charge in [0.1, 0.15) is 6.79 Å². The average Bonchev–Trinajstić information content (AvgIpc) is 2.41. The predicted molar refractivity (Wildman–Crippen MR) is 77.8 cm³/mol. The smallest absolute Gasteiger partial charge is 0.333 e. The van der Waals surface area contributed by atoms with Crippen LogP contribution in [0.5, 0.6) is 0 Å². The molecule has 0 saturated carbocycles. The fourth-order valence-corrected chi connectivity index (χ4v) is 2.00.